The smallest absolute Gasteiger partial charge is 0.137 e. The molecule has 1 rings (SSSR count). The van der Waals surface area contributed by atoms with E-state index in [1.165, 1.54) is 5.56 Å². The van der Waals surface area contributed by atoms with E-state index >= 15 is 0 Å². The van der Waals surface area contributed by atoms with Crippen molar-refractivity contribution in [2.45, 2.75) is 27.3 Å². The maximum atomic E-state index is 6.16. The molecule has 19 heavy (non-hydrogen) atoms. The van der Waals surface area contributed by atoms with E-state index in [1.807, 2.05) is 19.1 Å². The highest BCUT2D eigenvalue weighted by Crippen LogP contribution is 2.25. The lowest BCUT2D eigenvalue weighted by atomic mass is 10.2. The van der Waals surface area contributed by atoms with Gasteiger partial charge < -0.3 is 15.0 Å². The van der Waals surface area contributed by atoms with Crippen LogP contribution in [0.15, 0.2) is 18.2 Å². The summed E-state index contributed by atoms with van der Waals surface area (Å²) in [7, 11) is 0. The molecular formula is C15H25ClN2O. The van der Waals surface area contributed by atoms with Crippen molar-refractivity contribution in [3.63, 3.8) is 0 Å². The van der Waals surface area contributed by atoms with Gasteiger partial charge in [0.05, 0.1) is 11.6 Å². The second kappa shape index (κ2) is 9.18. The Bertz CT molecular complexity index is 367. The van der Waals surface area contributed by atoms with Crippen LogP contribution in [0, 0.1) is 0 Å². The first-order valence-corrected chi connectivity index (χ1v) is 7.43. The summed E-state index contributed by atoms with van der Waals surface area (Å²) in [5, 5.41) is 4.12. The molecule has 4 heteroatoms. The van der Waals surface area contributed by atoms with Crippen LogP contribution in [0.3, 0.4) is 0 Å². The molecule has 108 valence electrons. The molecule has 1 aromatic carbocycles. The highest BCUT2D eigenvalue weighted by Gasteiger charge is 2.03. The highest BCUT2D eigenvalue weighted by atomic mass is 35.5. The predicted molar refractivity (Wildman–Crippen MR) is 82.1 cm³/mol. The third kappa shape index (κ3) is 5.81. The van der Waals surface area contributed by atoms with Gasteiger partial charge in [0, 0.05) is 19.6 Å². The normalized spacial score (nSPS) is 11.0. The molecule has 0 unspecified atom stereocenters. The van der Waals surface area contributed by atoms with Gasteiger partial charge in [-0.15, -0.1) is 0 Å². The quantitative estimate of drug-likeness (QED) is 0.705. The number of hydrogen-bond acceptors (Lipinski definition) is 3. The number of halogens is 1. The van der Waals surface area contributed by atoms with Crippen LogP contribution < -0.4 is 10.1 Å². The molecule has 0 aromatic heterocycles. The molecule has 0 radical (unpaired) electrons. The van der Waals surface area contributed by atoms with Gasteiger partial charge in [-0.05, 0) is 37.7 Å². The standard InChI is InChI=1S/C15H25ClN2O/c1-4-18(5-2)10-9-17-12-13-7-8-15(19-6-3)14(16)11-13/h7-8,11,17H,4-6,9-10,12H2,1-3H3. The number of nitrogens with one attached hydrogen (secondary N) is 1. The van der Waals surface area contributed by atoms with Crippen LogP contribution in [0.1, 0.15) is 26.3 Å². The molecule has 0 bridgehead atoms. The second-order valence-electron chi connectivity index (χ2n) is 4.40. The lowest BCUT2D eigenvalue weighted by Crippen LogP contribution is -2.31. The lowest BCUT2D eigenvalue weighted by molar-refractivity contribution is 0.302. The fraction of sp³-hybridized carbons (Fsp3) is 0.600. The summed E-state index contributed by atoms with van der Waals surface area (Å²) in [6.07, 6.45) is 0. The SMILES string of the molecule is CCOc1ccc(CNCCN(CC)CC)cc1Cl. The van der Waals surface area contributed by atoms with Gasteiger partial charge >= 0.3 is 0 Å². The number of hydrogen-bond donors (Lipinski definition) is 1. The van der Waals surface area contributed by atoms with E-state index < -0.39 is 0 Å². The van der Waals surface area contributed by atoms with Crippen molar-refractivity contribution in [1.82, 2.24) is 10.2 Å². The third-order valence-electron chi connectivity index (χ3n) is 3.12. The molecule has 0 heterocycles. The predicted octanol–water partition coefficient (Wildman–Crippen LogP) is 3.17. The van der Waals surface area contributed by atoms with E-state index in [1.54, 1.807) is 0 Å². The Hall–Kier alpha value is -0.770. The zero-order valence-electron chi connectivity index (χ0n) is 12.2. The molecule has 0 amide bonds. The molecule has 0 atom stereocenters. The van der Waals surface area contributed by atoms with E-state index in [0.29, 0.717) is 11.6 Å². The average molecular weight is 285 g/mol. The molecule has 0 aliphatic rings. The van der Waals surface area contributed by atoms with Gasteiger partial charge in [0.2, 0.25) is 0 Å². The van der Waals surface area contributed by atoms with Gasteiger partial charge in [-0.2, -0.15) is 0 Å². The van der Waals surface area contributed by atoms with Crippen LogP contribution in [0.25, 0.3) is 0 Å². The highest BCUT2D eigenvalue weighted by molar-refractivity contribution is 6.32. The van der Waals surface area contributed by atoms with Crippen LogP contribution in [-0.2, 0) is 6.54 Å². The molecule has 0 aliphatic carbocycles. The maximum absolute atomic E-state index is 6.16. The summed E-state index contributed by atoms with van der Waals surface area (Å²) in [5.74, 6) is 0.760. The molecule has 0 saturated heterocycles. The number of nitrogens with zero attached hydrogens (tertiary/aromatic N) is 1. The van der Waals surface area contributed by atoms with Crippen molar-refractivity contribution in [3.8, 4) is 5.75 Å². The first-order chi connectivity index (χ1) is 9.21. The van der Waals surface area contributed by atoms with Crippen molar-refractivity contribution >= 4 is 11.6 Å². The molecule has 0 fully saturated rings. The molecule has 1 aromatic rings. The van der Waals surface area contributed by atoms with E-state index in [9.17, 15) is 0 Å². The van der Waals surface area contributed by atoms with Gasteiger partial charge in [-0.3, -0.25) is 0 Å². The Morgan fingerprint density at radius 1 is 1.21 bits per heavy atom. The van der Waals surface area contributed by atoms with Crippen LogP contribution in [0.2, 0.25) is 5.02 Å². The van der Waals surface area contributed by atoms with Gasteiger partial charge in [0.25, 0.3) is 0 Å². The van der Waals surface area contributed by atoms with Gasteiger partial charge in [-0.25, -0.2) is 0 Å². The average Bonchev–Trinajstić information content (AvgIpc) is 2.42. The molecule has 1 N–H and O–H groups in total. The molecule has 3 nitrogen and oxygen atoms in total. The van der Waals surface area contributed by atoms with Crippen molar-refractivity contribution in [2.24, 2.45) is 0 Å². The van der Waals surface area contributed by atoms with Crippen LogP contribution in [-0.4, -0.2) is 37.7 Å². The number of likely N-dealkylation sites (N-methyl/N-ethyl adjacent to an activating group) is 1. The van der Waals surface area contributed by atoms with Crippen LogP contribution >= 0.6 is 11.6 Å². The minimum atomic E-state index is 0.640. The Morgan fingerprint density at radius 3 is 2.53 bits per heavy atom. The topological polar surface area (TPSA) is 24.5 Å². The van der Waals surface area contributed by atoms with Gasteiger partial charge in [-0.1, -0.05) is 31.5 Å². The number of rotatable bonds is 9. The first kappa shape index (κ1) is 16.3. The van der Waals surface area contributed by atoms with Crippen molar-refractivity contribution in [2.75, 3.05) is 32.8 Å². The largest absolute Gasteiger partial charge is 0.492 e. The Labute approximate surface area is 121 Å². The lowest BCUT2D eigenvalue weighted by Gasteiger charge is -2.18. The third-order valence-corrected chi connectivity index (χ3v) is 3.42. The Balaban J connectivity index is 2.35. The van der Waals surface area contributed by atoms with Crippen molar-refractivity contribution in [3.05, 3.63) is 28.8 Å². The van der Waals surface area contributed by atoms with Gasteiger partial charge in [0.15, 0.2) is 0 Å². The zero-order chi connectivity index (χ0) is 14.1. The van der Waals surface area contributed by atoms with E-state index in [0.717, 1.165) is 38.5 Å². The van der Waals surface area contributed by atoms with Crippen molar-refractivity contribution < 1.29 is 4.74 Å². The summed E-state index contributed by atoms with van der Waals surface area (Å²) in [4.78, 5) is 2.40. The van der Waals surface area contributed by atoms with Crippen LogP contribution in [0.5, 0.6) is 5.75 Å². The maximum Gasteiger partial charge on any atom is 0.137 e. The molecule has 0 saturated carbocycles. The second-order valence-corrected chi connectivity index (χ2v) is 4.81. The monoisotopic (exact) mass is 284 g/mol. The van der Waals surface area contributed by atoms with Crippen LogP contribution in [0.4, 0.5) is 0 Å². The van der Waals surface area contributed by atoms with E-state index in [-0.39, 0.29) is 0 Å². The minimum absolute atomic E-state index is 0.640. The summed E-state index contributed by atoms with van der Waals surface area (Å²) in [6.45, 7) is 12.1. The summed E-state index contributed by atoms with van der Waals surface area (Å²) in [5.41, 5.74) is 1.19. The zero-order valence-corrected chi connectivity index (χ0v) is 13.0. The fourth-order valence-electron chi connectivity index (χ4n) is 1.94. The fourth-order valence-corrected chi connectivity index (χ4v) is 2.19. The molecular weight excluding hydrogens is 260 g/mol. The van der Waals surface area contributed by atoms with Crippen molar-refractivity contribution in [1.29, 1.82) is 0 Å². The van der Waals surface area contributed by atoms with E-state index in [2.05, 4.69) is 30.1 Å². The minimum Gasteiger partial charge on any atom is -0.492 e. The Morgan fingerprint density at radius 2 is 1.95 bits per heavy atom. The number of benzene rings is 1. The summed E-state index contributed by atoms with van der Waals surface area (Å²) in [6, 6.07) is 5.96. The van der Waals surface area contributed by atoms with E-state index in [4.69, 9.17) is 16.3 Å². The first-order valence-electron chi connectivity index (χ1n) is 7.05. The number of ether oxygens (including phenoxy) is 1. The summed E-state index contributed by atoms with van der Waals surface area (Å²) >= 11 is 6.16. The molecule has 0 spiro atoms. The summed E-state index contributed by atoms with van der Waals surface area (Å²) < 4.78 is 5.42. The molecule has 0 aliphatic heterocycles. The van der Waals surface area contributed by atoms with Gasteiger partial charge in [0.1, 0.15) is 5.75 Å². The Kier molecular flexibility index (Phi) is 7.87.